The molecule has 1 heterocycles. The van der Waals surface area contributed by atoms with Gasteiger partial charge in [-0.25, -0.2) is 9.78 Å². The van der Waals surface area contributed by atoms with E-state index in [1.54, 1.807) is 12.1 Å². The number of aromatic nitrogens is 2. The van der Waals surface area contributed by atoms with Crippen LogP contribution in [0.4, 0.5) is 0 Å². The highest BCUT2D eigenvalue weighted by molar-refractivity contribution is 5.90. The Labute approximate surface area is 106 Å². The third kappa shape index (κ3) is 3.20. The lowest BCUT2D eigenvalue weighted by molar-refractivity contribution is 0.0728. The zero-order valence-corrected chi connectivity index (χ0v) is 10.3. The first-order chi connectivity index (χ1) is 8.79. The van der Waals surface area contributed by atoms with Gasteiger partial charge in [-0.15, -0.1) is 0 Å². The maximum absolute atomic E-state index is 11.8. The minimum absolute atomic E-state index is 0.357. The number of aromatic amines is 1. The lowest BCUT2D eigenvalue weighted by Gasteiger charge is -2.03. The third-order valence-electron chi connectivity index (χ3n) is 2.68. The molecule has 94 valence electrons. The van der Waals surface area contributed by atoms with Crippen LogP contribution in [-0.4, -0.2) is 15.9 Å². The number of esters is 1. The molecule has 4 nitrogen and oxygen atoms in total. The Morgan fingerprint density at radius 1 is 1.33 bits per heavy atom. The molecule has 2 rings (SSSR count). The summed E-state index contributed by atoms with van der Waals surface area (Å²) in [6.45, 7) is 2.16. The summed E-state index contributed by atoms with van der Waals surface area (Å²) in [5, 5.41) is 0. The number of H-pyrrole nitrogens is 1. The molecule has 1 N–H and O–H groups in total. The van der Waals surface area contributed by atoms with Crippen molar-refractivity contribution in [1.82, 2.24) is 9.97 Å². The van der Waals surface area contributed by atoms with Crippen molar-refractivity contribution in [2.75, 3.05) is 0 Å². The Morgan fingerprint density at radius 3 is 2.72 bits per heavy atom. The van der Waals surface area contributed by atoms with Crippen LogP contribution < -0.4 is 4.74 Å². The number of nitrogens with zero attached hydrogens (tertiary/aromatic N) is 1. The molecule has 1 aromatic carbocycles. The molecule has 0 aliphatic carbocycles. The van der Waals surface area contributed by atoms with Crippen molar-refractivity contribution in [2.45, 2.75) is 26.2 Å². The molecule has 0 saturated heterocycles. The fourth-order valence-corrected chi connectivity index (χ4v) is 1.65. The van der Waals surface area contributed by atoms with Crippen LogP contribution in [0.1, 0.15) is 35.7 Å². The van der Waals surface area contributed by atoms with Gasteiger partial charge in [0, 0.05) is 0 Å². The molecular formula is C14H16N2O2. The average Bonchev–Trinajstić information content (AvgIpc) is 2.89. The van der Waals surface area contributed by atoms with E-state index >= 15 is 0 Å². The van der Waals surface area contributed by atoms with E-state index in [0.717, 1.165) is 12.8 Å². The van der Waals surface area contributed by atoms with Crippen LogP contribution in [0, 0.1) is 0 Å². The van der Waals surface area contributed by atoms with E-state index in [2.05, 4.69) is 16.9 Å². The number of carbonyl (C=O) groups excluding carboxylic acids is 1. The Bertz CT molecular complexity index is 489. The molecule has 0 aliphatic heterocycles. The van der Waals surface area contributed by atoms with Crippen molar-refractivity contribution in [3.05, 3.63) is 47.9 Å². The molecule has 0 bridgehead atoms. The summed E-state index contributed by atoms with van der Waals surface area (Å²) in [6, 6.07) is 7.53. The predicted octanol–water partition coefficient (Wildman–Crippen LogP) is 2.97. The minimum Gasteiger partial charge on any atom is -0.404 e. The number of ether oxygens (including phenoxy) is 1. The number of unbranched alkanes of at least 4 members (excludes halogenated alkanes) is 1. The van der Waals surface area contributed by atoms with E-state index in [9.17, 15) is 4.79 Å². The number of hydrogen-bond acceptors (Lipinski definition) is 3. The van der Waals surface area contributed by atoms with Crippen LogP contribution in [0.15, 0.2) is 36.8 Å². The number of aryl methyl sites for hydroxylation is 1. The van der Waals surface area contributed by atoms with E-state index in [0.29, 0.717) is 11.4 Å². The van der Waals surface area contributed by atoms with Crippen molar-refractivity contribution in [3.63, 3.8) is 0 Å². The van der Waals surface area contributed by atoms with Crippen LogP contribution >= 0.6 is 0 Å². The SMILES string of the molecule is CCCCc1ccc(C(=O)Oc2cnc[nH]2)cc1. The predicted molar refractivity (Wildman–Crippen MR) is 68.6 cm³/mol. The molecule has 4 heteroatoms. The van der Waals surface area contributed by atoms with E-state index in [1.165, 1.54) is 24.5 Å². The topological polar surface area (TPSA) is 55.0 Å². The number of carbonyl (C=O) groups is 1. The molecule has 0 radical (unpaired) electrons. The summed E-state index contributed by atoms with van der Waals surface area (Å²) < 4.78 is 5.10. The minimum atomic E-state index is -0.374. The number of benzene rings is 1. The molecule has 0 atom stereocenters. The van der Waals surface area contributed by atoms with Crippen molar-refractivity contribution >= 4 is 5.97 Å². The Hall–Kier alpha value is -2.10. The van der Waals surface area contributed by atoms with Crippen LogP contribution in [0.2, 0.25) is 0 Å². The normalized spacial score (nSPS) is 10.3. The molecular weight excluding hydrogens is 228 g/mol. The number of imidazole rings is 1. The van der Waals surface area contributed by atoms with Crippen molar-refractivity contribution < 1.29 is 9.53 Å². The molecule has 18 heavy (non-hydrogen) atoms. The standard InChI is InChI=1S/C14H16N2O2/c1-2-3-4-11-5-7-12(8-6-11)14(17)18-13-9-15-10-16-13/h5-10H,2-4H2,1H3,(H,15,16). The maximum atomic E-state index is 11.8. The number of hydrogen-bond donors (Lipinski definition) is 1. The first-order valence-electron chi connectivity index (χ1n) is 6.09. The highest BCUT2D eigenvalue weighted by atomic mass is 16.5. The first-order valence-corrected chi connectivity index (χ1v) is 6.09. The lowest BCUT2D eigenvalue weighted by atomic mass is 10.1. The molecule has 0 unspecified atom stereocenters. The van der Waals surface area contributed by atoms with Gasteiger partial charge in [0.1, 0.15) is 0 Å². The molecule has 0 aliphatic rings. The van der Waals surface area contributed by atoms with Crippen molar-refractivity contribution in [1.29, 1.82) is 0 Å². The monoisotopic (exact) mass is 244 g/mol. The Balaban J connectivity index is 1.98. The van der Waals surface area contributed by atoms with Gasteiger partial charge in [-0.3, -0.25) is 0 Å². The van der Waals surface area contributed by atoms with Crippen LogP contribution in [0.5, 0.6) is 5.88 Å². The second-order valence-corrected chi connectivity index (χ2v) is 4.11. The van der Waals surface area contributed by atoms with Gasteiger partial charge in [0.05, 0.1) is 18.1 Å². The summed E-state index contributed by atoms with van der Waals surface area (Å²) in [7, 11) is 0. The second kappa shape index (κ2) is 6.00. The second-order valence-electron chi connectivity index (χ2n) is 4.11. The molecule has 1 aromatic heterocycles. The van der Waals surface area contributed by atoms with Crippen LogP contribution in [-0.2, 0) is 6.42 Å². The summed E-state index contributed by atoms with van der Waals surface area (Å²) in [5.41, 5.74) is 1.79. The van der Waals surface area contributed by atoms with Crippen molar-refractivity contribution in [3.8, 4) is 5.88 Å². The third-order valence-corrected chi connectivity index (χ3v) is 2.68. The lowest BCUT2D eigenvalue weighted by Crippen LogP contribution is -2.08. The van der Waals surface area contributed by atoms with Gasteiger partial charge in [0.15, 0.2) is 0 Å². The largest absolute Gasteiger partial charge is 0.404 e. The quantitative estimate of drug-likeness (QED) is 0.823. The smallest absolute Gasteiger partial charge is 0.344 e. The fraction of sp³-hybridized carbons (Fsp3) is 0.286. The zero-order valence-electron chi connectivity index (χ0n) is 10.3. The van der Waals surface area contributed by atoms with E-state index in [4.69, 9.17) is 4.74 Å². The van der Waals surface area contributed by atoms with Gasteiger partial charge in [-0.1, -0.05) is 25.5 Å². The summed E-state index contributed by atoms with van der Waals surface area (Å²) in [4.78, 5) is 18.3. The Kier molecular flexibility index (Phi) is 4.12. The van der Waals surface area contributed by atoms with E-state index in [-0.39, 0.29) is 5.97 Å². The Morgan fingerprint density at radius 2 is 2.11 bits per heavy atom. The van der Waals surface area contributed by atoms with Crippen LogP contribution in [0.25, 0.3) is 0 Å². The van der Waals surface area contributed by atoms with Gasteiger partial charge in [0.25, 0.3) is 0 Å². The van der Waals surface area contributed by atoms with Gasteiger partial charge >= 0.3 is 5.97 Å². The van der Waals surface area contributed by atoms with Crippen LogP contribution in [0.3, 0.4) is 0 Å². The maximum Gasteiger partial charge on any atom is 0.344 e. The zero-order chi connectivity index (χ0) is 12.8. The van der Waals surface area contributed by atoms with E-state index < -0.39 is 0 Å². The highest BCUT2D eigenvalue weighted by Gasteiger charge is 2.08. The first kappa shape index (κ1) is 12.4. The molecule has 0 saturated carbocycles. The van der Waals surface area contributed by atoms with Gasteiger partial charge in [0.2, 0.25) is 5.88 Å². The van der Waals surface area contributed by atoms with Gasteiger partial charge in [-0.2, -0.15) is 0 Å². The van der Waals surface area contributed by atoms with Crippen molar-refractivity contribution in [2.24, 2.45) is 0 Å². The molecule has 0 amide bonds. The summed E-state index contributed by atoms with van der Waals surface area (Å²) >= 11 is 0. The van der Waals surface area contributed by atoms with E-state index in [1.807, 2.05) is 12.1 Å². The highest BCUT2D eigenvalue weighted by Crippen LogP contribution is 2.11. The average molecular weight is 244 g/mol. The number of rotatable bonds is 5. The number of nitrogens with one attached hydrogen (secondary N) is 1. The molecule has 0 fully saturated rings. The molecule has 0 spiro atoms. The molecule has 2 aromatic rings. The fourth-order valence-electron chi connectivity index (χ4n) is 1.65. The summed E-state index contributed by atoms with van der Waals surface area (Å²) in [5.74, 6) is -0.0173. The summed E-state index contributed by atoms with van der Waals surface area (Å²) in [6.07, 6.45) is 6.32. The van der Waals surface area contributed by atoms with Gasteiger partial charge < -0.3 is 9.72 Å². The van der Waals surface area contributed by atoms with Gasteiger partial charge in [-0.05, 0) is 30.5 Å².